The molecule has 20 heavy (non-hydrogen) atoms. The van der Waals surface area contributed by atoms with Crippen LogP contribution in [0.5, 0.6) is 0 Å². The summed E-state index contributed by atoms with van der Waals surface area (Å²) in [6.45, 7) is 2.87. The van der Waals surface area contributed by atoms with Gasteiger partial charge < -0.3 is 4.90 Å². The quantitative estimate of drug-likeness (QED) is 0.683. The molecule has 3 rings (SSSR count). The Morgan fingerprint density at radius 2 is 2.00 bits per heavy atom. The van der Waals surface area contributed by atoms with Crippen molar-refractivity contribution >= 4 is 34.2 Å². The van der Waals surface area contributed by atoms with Gasteiger partial charge in [0.1, 0.15) is 0 Å². The minimum Gasteiger partial charge on any atom is -0.308 e. The van der Waals surface area contributed by atoms with Crippen molar-refractivity contribution in [2.75, 3.05) is 11.4 Å². The van der Waals surface area contributed by atoms with Crippen LogP contribution in [0.3, 0.4) is 0 Å². The molecule has 1 aliphatic heterocycles. The van der Waals surface area contributed by atoms with E-state index < -0.39 is 0 Å². The predicted molar refractivity (Wildman–Crippen MR) is 90.3 cm³/mol. The Bertz CT molecular complexity index is 666. The Morgan fingerprint density at radius 3 is 2.80 bits per heavy atom. The number of fused-ring (bicyclic) bond motifs is 1. The highest BCUT2D eigenvalue weighted by Gasteiger charge is 2.23. The van der Waals surface area contributed by atoms with Gasteiger partial charge in [-0.1, -0.05) is 24.3 Å². The molecule has 0 unspecified atom stereocenters. The van der Waals surface area contributed by atoms with Gasteiger partial charge in [0, 0.05) is 21.4 Å². The molecule has 1 amide bonds. The summed E-state index contributed by atoms with van der Waals surface area (Å²) in [5, 5.41) is 0. The van der Waals surface area contributed by atoms with Crippen LogP contribution < -0.4 is 4.90 Å². The molecule has 102 valence electrons. The van der Waals surface area contributed by atoms with Crippen LogP contribution >= 0.6 is 22.6 Å². The lowest BCUT2D eigenvalue weighted by Crippen LogP contribution is -2.35. The fourth-order valence-electron chi connectivity index (χ4n) is 2.63. The van der Waals surface area contributed by atoms with E-state index in [0.717, 1.165) is 34.2 Å². The van der Waals surface area contributed by atoms with Gasteiger partial charge in [-0.25, -0.2) is 0 Å². The van der Waals surface area contributed by atoms with Gasteiger partial charge in [0.15, 0.2) is 0 Å². The molecule has 2 aromatic rings. The lowest BCUT2D eigenvalue weighted by molar-refractivity contribution is 0.0985. The second-order valence-corrected chi connectivity index (χ2v) is 6.32. The number of rotatable bonds is 1. The van der Waals surface area contributed by atoms with E-state index in [1.807, 2.05) is 41.3 Å². The number of amides is 1. The summed E-state index contributed by atoms with van der Waals surface area (Å²) in [7, 11) is 0. The van der Waals surface area contributed by atoms with Gasteiger partial charge in [-0.3, -0.25) is 4.79 Å². The Kier molecular flexibility index (Phi) is 3.78. The minimum atomic E-state index is 0.107. The van der Waals surface area contributed by atoms with Crippen LogP contribution in [0.15, 0.2) is 42.5 Å². The summed E-state index contributed by atoms with van der Waals surface area (Å²) in [5.74, 6) is 0.107. The van der Waals surface area contributed by atoms with Gasteiger partial charge >= 0.3 is 0 Å². The molecule has 2 nitrogen and oxygen atoms in total. The van der Waals surface area contributed by atoms with Crippen LogP contribution in [0.2, 0.25) is 0 Å². The van der Waals surface area contributed by atoms with Crippen molar-refractivity contribution in [1.82, 2.24) is 0 Å². The number of carbonyl (C=O) groups excluding carboxylic acids is 1. The summed E-state index contributed by atoms with van der Waals surface area (Å²) >= 11 is 2.28. The van der Waals surface area contributed by atoms with E-state index >= 15 is 0 Å². The zero-order valence-corrected chi connectivity index (χ0v) is 13.6. The Morgan fingerprint density at radius 1 is 1.20 bits per heavy atom. The van der Waals surface area contributed by atoms with Crippen LogP contribution in [0.1, 0.15) is 27.9 Å². The summed E-state index contributed by atoms with van der Waals surface area (Å²) in [5.41, 5.74) is 4.33. The third-order valence-corrected chi connectivity index (χ3v) is 4.94. The normalized spacial score (nSPS) is 14.0. The number of hydrogen-bond donors (Lipinski definition) is 0. The van der Waals surface area contributed by atoms with Crippen LogP contribution in [0, 0.1) is 10.5 Å². The van der Waals surface area contributed by atoms with Crippen LogP contribution in [-0.2, 0) is 6.42 Å². The number of anilines is 1. The molecular formula is C17H16INO. The highest BCUT2D eigenvalue weighted by Crippen LogP contribution is 2.28. The topological polar surface area (TPSA) is 20.3 Å². The van der Waals surface area contributed by atoms with Gasteiger partial charge in [-0.15, -0.1) is 0 Å². The van der Waals surface area contributed by atoms with Gasteiger partial charge in [0.05, 0.1) is 0 Å². The Labute approximate surface area is 132 Å². The zero-order chi connectivity index (χ0) is 14.1. The molecule has 0 saturated heterocycles. The second-order valence-electron chi connectivity index (χ2n) is 5.15. The minimum absolute atomic E-state index is 0.107. The molecule has 0 atom stereocenters. The molecule has 0 aliphatic carbocycles. The van der Waals surface area contributed by atoms with E-state index in [-0.39, 0.29) is 5.91 Å². The average molecular weight is 377 g/mol. The molecule has 2 aromatic carbocycles. The van der Waals surface area contributed by atoms with E-state index in [9.17, 15) is 4.79 Å². The molecule has 0 radical (unpaired) electrons. The maximum atomic E-state index is 12.7. The highest BCUT2D eigenvalue weighted by molar-refractivity contribution is 14.1. The van der Waals surface area contributed by atoms with Gasteiger partial charge in [0.25, 0.3) is 5.91 Å². The maximum Gasteiger partial charge on any atom is 0.258 e. The number of hydrogen-bond acceptors (Lipinski definition) is 1. The van der Waals surface area contributed by atoms with E-state index in [4.69, 9.17) is 0 Å². The second kappa shape index (κ2) is 5.56. The molecular weight excluding hydrogens is 361 g/mol. The van der Waals surface area contributed by atoms with Crippen molar-refractivity contribution in [3.63, 3.8) is 0 Å². The highest BCUT2D eigenvalue weighted by atomic mass is 127. The SMILES string of the molecule is Cc1ccc(C(=O)N2CCCc3ccccc32)cc1I. The van der Waals surface area contributed by atoms with Crippen molar-refractivity contribution in [1.29, 1.82) is 0 Å². The summed E-state index contributed by atoms with van der Waals surface area (Å²) < 4.78 is 1.14. The molecule has 1 heterocycles. The third-order valence-electron chi connectivity index (χ3n) is 3.77. The van der Waals surface area contributed by atoms with Crippen molar-refractivity contribution < 1.29 is 4.79 Å². The van der Waals surface area contributed by atoms with Gasteiger partial charge in [0.2, 0.25) is 0 Å². The monoisotopic (exact) mass is 377 g/mol. The average Bonchev–Trinajstić information content (AvgIpc) is 2.49. The largest absolute Gasteiger partial charge is 0.308 e. The van der Waals surface area contributed by atoms with Crippen LogP contribution in [0.4, 0.5) is 5.69 Å². The van der Waals surface area contributed by atoms with Crippen molar-refractivity contribution in [3.05, 3.63) is 62.7 Å². The number of para-hydroxylation sites is 1. The first-order valence-electron chi connectivity index (χ1n) is 6.83. The zero-order valence-electron chi connectivity index (χ0n) is 11.4. The molecule has 3 heteroatoms. The summed E-state index contributed by atoms with van der Waals surface area (Å²) in [6.07, 6.45) is 2.09. The number of aryl methyl sites for hydroxylation is 2. The fraction of sp³-hybridized carbons (Fsp3) is 0.235. The van der Waals surface area contributed by atoms with Crippen molar-refractivity contribution in [2.24, 2.45) is 0 Å². The van der Waals surface area contributed by atoms with Gasteiger partial charge in [-0.05, 0) is 71.7 Å². The number of nitrogens with zero attached hydrogens (tertiary/aromatic N) is 1. The molecule has 0 bridgehead atoms. The lowest BCUT2D eigenvalue weighted by Gasteiger charge is -2.29. The van der Waals surface area contributed by atoms with Crippen molar-refractivity contribution in [2.45, 2.75) is 19.8 Å². The predicted octanol–water partition coefficient (Wildman–Crippen LogP) is 4.19. The first-order chi connectivity index (χ1) is 9.66. The van der Waals surface area contributed by atoms with E-state index in [0.29, 0.717) is 0 Å². The van der Waals surface area contributed by atoms with E-state index in [1.54, 1.807) is 0 Å². The molecule has 0 aromatic heterocycles. The van der Waals surface area contributed by atoms with Crippen LogP contribution in [-0.4, -0.2) is 12.5 Å². The smallest absolute Gasteiger partial charge is 0.258 e. The maximum absolute atomic E-state index is 12.7. The van der Waals surface area contributed by atoms with E-state index in [1.165, 1.54) is 11.1 Å². The fourth-order valence-corrected chi connectivity index (χ4v) is 3.14. The number of halogens is 1. The number of benzene rings is 2. The first kappa shape index (κ1) is 13.6. The molecule has 0 fully saturated rings. The Hall–Kier alpha value is -1.36. The van der Waals surface area contributed by atoms with E-state index in [2.05, 4.69) is 35.6 Å². The van der Waals surface area contributed by atoms with Crippen molar-refractivity contribution in [3.8, 4) is 0 Å². The summed E-state index contributed by atoms with van der Waals surface area (Å²) in [4.78, 5) is 14.7. The Balaban J connectivity index is 1.97. The van der Waals surface area contributed by atoms with Gasteiger partial charge in [-0.2, -0.15) is 0 Å². The molecule has 0 spiro atoms. The number of carbonyl (C=O) groups is 1. The molecule has 1 aliphatic rings. The third kappa shape index (κ3) is 2.46. The van der Waals surface area contributed by atoms with Crippen LogP contribution in [0.25, 0.3) is 0 Å². The standard InChI is InChI=1S/C17H16INO/c1-12-8-9-14(11-15(12)18)17(20)19-10-4-6-13-5-2-3-7-16(13)19/h2-3,5,7-9,11H,4,6,10H2,1H3. The molecule has 0 saturated carbocycles. The molecule has 0 N–H and O–H groups in total. The summed E-state index contributed by atoms with van der Waals surface area (Å²) in [6, 6.07) is 14.1. The first-order valence-corrected chi connectivity index (χ1v) is 7.90. The lowest BCUT2D eigenvalue weighted by atomic mass is 10.0.